The number of nitrogens with one attached hydrogen (secondary N) is 2. The molecule has 3 heterocycles. The van der Waals surface area contributed by atoms with E-state index in [0.717, 1.165) is 19.3 Å². The predicted octanol–water partition coefficient (Wildman–Crippen LogP) is 0.388. The van der Waals surface area contributed by atoms with E-state index in [-0.39, 0.29) is 17.9 Å². The number of aromatic nitrogens is 1. The number of anilines is 1. The van der Waals surface area contributed by atoms with Crippen molar-refractivity contribution in [2.75, 3.05) is 44.4 Å². The molecule has 0 radical (unpaired) electrons. The summed E-state index contributed by atoms with van der Waals surface area (Å²) >= 11 is 0. The molecule has 1 aromatic heterocycles. The molecule has 8 nitrogen and oxygen atoms in total. The van der Waals surface area contributed by atoms with Crippen molar-refractivity contribution >= 4 is 21.8 Å². The minimum absolute atomic E-state index is 0.0544. The Morgan fingerprint density at radius 3 is 2.93 bits per heavy atom. The van der Waals surface area contributed by atoms with Crippen molar-refractivity contribution in [1.82, 2.24) is 19.9 Å². The molecule has 0 spiro atoms. The highest BCUT2D eigenvalue weighted by molar-refractivity contribution is 7.88. The Morgan fingerprint density at radius 1 is 1.41 bits per heavy atom. The highest BCUT2D eigenvalue weighted by Gasteiger charge is 2.31. The van der Waals surface area contributed by atoms with Gasteiger partial charge in [-0.3, -0.25) is 4.99 Å². The van der Waals surface area contributed by atoms with Gasteiger partial charge in [0.25, 0.3) is 0 Å². The summed E-state index contributed by atoms with van der Waals surface area (Å²) in [6.07, 6.45) is 5.40. The van der Waals surface area contributed by atoms with E-state index < -0.39 is 10.0 Å². The van der Waals surface area contributed by atoms with E-state index in [0.29, 0.717) is 38.0 Å². The Balaban J connectivity index is 1.52. The fourth-order valence-corrected chi connectivity index (χ4v) is 4.92. The molecule has 0 saturated carbocycles. The second-order valence-electron chi connectivity index (χ2n) is 7.01. The van der Waals surface area contributed by atoms with Gasteiger partial charge in [0, 0.05) is 51.5 Å². The van der Waals surface area contributed by atoms with Crippen molar-refractivity contribution in [3.63, 3.8) is 0 Å². The van der Waals surface area contributed by atoms with Gasteiger partial charge < -0.3 is 15.5 Å². The number of nitrogens with zero attached hydrogens (tertiary/aromatic N) is 4. The van der Waals surface area contributed by atoms with E-state index in [9.17, 15) is 12.8 Å². The molecule has 2 saturated heterocycles. The van der Waals surface area contributed by atoms with Gasteiger partial charge in [0.1, 0.15) is 0 Å². The molecule has 2 atom stereocenters. The van der Waals surface area contributed by atoms with Crippen LogP contribution in [0.1, 0.15) is 19.3 Å². The Bertz CT molecular complexity index is 787. The average molecular weight is 399 g/mol. The third kappa shape index (κ3) is 4.86. The molecule has 2 fully saturated rings. The summed E-state index contributed by atoms with van der Waals surface area (Å²) in [4.78, 5) is 10.3. The summed E-state index contributed by atoms with van der Waals surface area (Å²) in [7, 11) is -1.50. The second kappa shape index (κ2) is 8.39. The third-order valence-corrected chi connectivity index (χ3v) is 6.38. The summed E-state index contributed by atoms with van der Waals surface area (Å²) in [5.74, 6) is 0.686. The maximum atomic E-state index is 13.9. The number of halogens is 1. The Morgan fingerprint density at radius 2 is 2.22 bits per heavy atom. The summed E-state index contributed by atoms with van der Waals surface area (Å²) < 4.78 is 39.2. The lowest BCUT2D eigenvalue weighted by Gasteiger charge is -2.24. The van der Waals surface area contributed by atoms with E-state index in [1.807, 2.05) is 4.90 Å². The summed E-state index contributed by atoms with van der Waals surface area (Å²) in [5.41, 5.74) is 0. The van der Waals surface area contributed by atoms with Crippen molar-refractivity contribution in [3.05, 3.63) is 24.1 Å². The fraction of sp³-hybridized carbons (Fsp3) is 0.647. The van der Waals surface area contributed by atoms with E-state index in [4.69, 9.17) is 0 Å². The molecule has 0 aromatic carbocycles. The largest absolute Gasteiger partial charge is 0.355 e. The average Bonchev–Trinajstić information content (AvgIpc) is 3.28. The Hall–Kier alpha value is -1.94. The van der Waals surface area contributed by atoms with Crippen molar-refractivity contribution in [2.24, 2.45) is 4.99 Å². The lowest BCUT2D eigenvalue weighted by atomic mass is 10.2. The molecule has 0 amide bonds. The van der Waals surface area contributed by atoms with E-state index in [1.165, 1.54) is 12.3 Å². The Labute approximate surface area is 159 Å². The van der Waals surface area contributed by atoms with Crippen molar-refractivity contribution in [1.29, 1.82) is 0 Å². The van der Waals surface area contributed by atoms with Gasteiger partial charge in [-0.15, -0.1) is 0 Å². The van der Waals surface area contributed by atoms with Crippen LogP contribution in [-0.2, 0) is 10.0 Å². The van der Waals surface area contributed by atoms with E-state index in [1.54, 1.807) is 23.6 Å². The van der Waals surface area contributed by atoms with Crippen molar-refractivity contribution < 1.29 is 12.8 Å². The topological polar surface area (TPSA) is 89.9 Å². The summed E-state index contributed by atoms with van der Waals surface area (Å²) in [6.45, 7) is 2.43. The molecule has 0 bridgehead atoms. The van der Waals surface area contributed by atoms with Crippen molar-refractivity contribution in [2.45, 2.75) is 31.3 Å². The van der Waals surface area contributed by atoms with Crippen LogP contribution in [0.3, 0.4) is 0 Å². The lowest BCUT2D eigenvalue weighted by molar-refractivity contribution is 0.387. The molecule has 150 valence electrons. The van der Waals surface area contributed by atoms with E-state index in [2.05, 4.69) is 20.6 Å². The first-order valence-corrected chi connectivity index (χ1v) is 11.0. The van der Waals surface area contributed by atoms with Crippen LogP contribution in [0.5, 0.6) is 0 Å². The molecule has 0 aliphatic carbocycles. The van der Waals surface area contributed by atoms with Gasteiger partial charge in [-0.1, -0.05) is 0 Å². The predicted molar refractivity (Wildman–Crippen MR) is 104 cm³/mol. The zero-order valence-electron chi connectivity index (χ0n) is 15.7. The molecule has 2 aliphatic rings. The fourth-order valence-electron chi connectivity index (χ4n) is 3.73. The molecule has 2 aliphatic heterocycles. The van der Waals surface area contributed by atoms with Crippen LogP contribution in [0, 0.1) is 5.82 Å². The first kappa shape index (κ1) is 19.8. The van der Waals surface area contributed by atoms with E-state index >= 15 is 0 Å². The number of guanidine groups is 1. The Kier molecular flexibility index (Phi) is 6.15. The van der Waals surface area contributed by atoms with Gasteiger partial charge in [-0.2, -0.15) is 4.31 Å². The van der Waals surface area contributed by atoms with Crippen LogP contribution >= 0.6 is 0 Å². The maximum absolute atomic E-state index is 13.9. The van der Waals surface area contributed by atoms with Crippen molar-refractivity contribution in [3.8, 4) is 0 Å². The molecular weight excluding hydrogens is 371 g/mol. The zero-order chi connectivity index (χ0) is 19.4. The molecule has 1 aromatic rings. The maximum Gasteiger partial charge on any atom is 0.211 e. The lowest BCUT2D eigenvalue weighted by Crippen LogP contribution is -2.49. The molecule has 27 heavy (non-hydrogen) atoms. The first-order chi connectivity index (χ1) is 12.9. The minimum Gasteiger partial charge on any atom is -0.355 e. The van der Waals surface area contributed by atoms with Gasteiger partial charge in [0.05, 0.1) is 6.26 Å². The second-order valence-corrected chi connectivity index (χ2v) is 8.94. The summed E-state index contributed by atoms with van der Waals surface area (Å²) in [6, 6.07) is 3.06. The molecule has 3 rings (SSSR count). The SMILES string of the molecule is CN=C(NC[C@H]1CCCN1S(C)(=O)=O)NC1CCN(c2ncccc2F)C1. The van der Waals surface area contributed by atoms with Crippen LogP contribution in [0.2, 0.25) is 0 Å². The number of pyridine rings is 1. The standard InChI is InChI=1S/C17H27FN6O2S/c1-19-17(21-11-14-5-4-9-24(14)27(2,25)26)22-13-7-10-23(12-13)16-15(18)6-3-8-20-16/h3,6,8,13-14H,4-5,7,9-12H2,1-2H3,(H2,19,21,22)/t13?,14-/m1/s1. The normalized spacial score (nSPS) is 24.4. The highest BCUT2D eigenvalue weighted by atomic mass is 32.2. The van der Waals surface area contributed by atoms with Crippen LogP contribution in [0.4, 0.5) is 10.2 Å². The number of hydrogen-bond donors (Lipinski definition) is 2. The molecular formula is C17H27FN6O2S. The summed E-state index contributed by atoms with van der Waals surface area (Å²) in [5, 5.41) is 6.57. The van der Waals surface area contributed by atoms with Gasteiger partial charge in [0.15, 0.2) is 17.6 Å². The molecule has 10 heteroatoms. The van der Waals surface area contributed by atoms with Gasteiger partial charge in [-0.25, -0.2) is 17.8 Å². The highest BCUT2D eigenvalue weighted by Crippen LogP contribution is 2.21. The number of sulfonamides is 1. The minimum atomic E-state index is -3.19. The number of hydrogen-bond acceptors (Lipinski definition) is 5. The zero-order valence-corrected chi connectivity index (χ0v) is 16.5. The monoisotopic (exact) mass is 398 g/mol. The first-order valence-electron chi connectivity index (χ1n) is 9.18. The third-order valence-electron chi connectivity index (χ3n) is 5.05. The van der Waals surface area contributed by atoms with Crippen LogP contribution in [0.25, 0.3) is 0 Å². The quantitative estimate of drug-likeness (QED) is 0.551. The van der Waals surface area contributed by atoms with Crippen LogP contribution < -0.4 is 15.5 Å². The van der Waals surface area contributed by atoms with Gasteiger partial charge in [-0.05, 0) is 31.4 Å². The molecule has 2 N–H and O–H groups in total. The van der Waals surface area contributed by atoms with Crippen LogP contribution in [0.15, 0.2) is 23.3 Å². The smallest absolute Gasteiger partial charge is 0.211 e. The van der Waals surface area contributed by atoms with Crippen LogP contribution in [-0.4, -0.2) is 75.2 Å². The van der Waals surface area contributed by atoms with Gasteiger partial charge >= 0.3 is 0 Å². The molecule has 1 unspecified atom stereocenters. The number of rotatable bonds is 5. The van der Waals surface area contributed by atoms with Gasteiger partial charge in [0.2, 0.25) is 10.0 Å². The number of aliphatic imine (C=N–C) groups is 1.